The number of hydrogen-bond acceptors (Lipinski definition) is 0. The number of alkyl halides is 1. The molecule has 1 heterocycles. The lowest BCUT2D eigenvalue weighted by molar-refractivity contribution is -1.59. The van der Waals surface area contributed by atoms with Crippen LogP contribution >= 0.6 is 22.6 Å². The zero-order chi connectivity index (χ0) is 12.3. The highest BCUT2D eigenvalue weighted by Gasteiger charge is 2.73. The normalized spacial score (nSPS) is 39.4. The Labute approximate surface area is 107 Å². The first-order valence-corrected chi connectivity index (χ1v) is 6.69. The SMILES string of the molecule is CC1(C)CC(I)C(C)(C)[N+]1([O])[N+](C)(C)C. The molecule has 0 aromatic carbocycles. The van der Waals surface area contributed by atoms with Gasteiger partial charge in [0.1, 0.15) is 21.1 Å². The molecule has 1 rings (SSSR count). The molecule has 15 heavy (non-hydrogen) atoms. The van der Waals surface area contributed by atoms with E-state index in [2.05, 4.69) is 50.3 Å². The highest BCUT2D eigenvalue weighted by atomic mass is 127. The Kier molecular flexibility index (Phi) is 3.01. The Morgan fingerprint density at radius 1 is 1.20 bits per heavy atom. The monoisotopic (exact) mass is 327 g/mol. The minimum Gasteiger partial charge on any atom is -0.144 e. The second-order valence-corrected chi connectivity index (χ2v) is 8.16. The van der Waals surface area contributed by atoms with Crippen LogP contribution in [-0.2, 0) is 5.21 Å². The zero-order valence-corrected chi connectivity index (χ0v) is 13.1. The van der Waals surface area contributed by atoms with Crippen molar-refractivity contribution < 1.29 is 14.6 Å². The van der Waals surface area contributed by atoms with E-state index in [4.69, 9.17) is 0 Å². The van der Waals surface area contributed by atoms with Crippen molar-refractivity contribution in [1.29, 1.82) is 0 Å². The van der Waals surface area contributed by atoms with Gasteiger partial charge in [0.25, 0.3) is 0 Å². The highest BCUT2D eigenvalue weighted by molar-refractivity contribution is 14.1. The van der Waals surface area contributed by atoms with Crippen molar-refractivity contribution in [2.24, 2.45) is 0 Å². The summed E-state index contributed by atoms with van der Waals surface area (Å²) < 4.78 is 0.701. The minimum absolute atomic E-state index is 0.159. The van der Waals surface area contributed by atoms with Crippen LogP contribution in [0, 0.1) is 0 Å². The van der Waals surface area contributed by atoms with Crippen molar-refractivity contribution in [2.45, 2.75) is 49.1 Å². The molecule has 2 unspecified atom stereocenters. The van der Waals surface area contributed by atoms with Gasteiger partial charge in [0.05, 0.1) is 9.13 Å². The Morgan fingerprint density at radius 3 is 1.73 bits per heavy atom. The van der Waals surface area contributed by atoms with E-state index in [9.17, 15) is 5.21 Å². The van der Waals surface area contributed by atoms with Gasteiger partial charge in [-0.25, -0.2) is 0 Å². The Balaban J connectivity index is 3.36. The Hall–Kier alpha value is 0.610. The fraction of sp³-hybridized carbons (Fsp3) is 1.00. The highest BCUT2D eigenvalue weighted by Crippen LogP contribution is 2.52. The maximum absolute atomic E-state index is 13.3. The average molecular weight is 327 g/mol. The van der Waals surface area contributed by atoms with Gasteiger partial charge < -0.3 is 0 Å². The van der Waals surface area contributed by atoms with E-state index in [0.29, 0.717) is 8.52 Å². The van der Waals surface area contributed by atoms with Crippen LogP contribution in [0.3, 0.4) is 0 Å². The van der Waals surface area contributed by atoms with E-state index < -0.39 is 0 Å². The van der Waals surface area contributed by atoms with Crippen LogP contribution in [0.4, 0.5) is 0 Å². The van der Waals surface area contributed by atoms with Crippen LogP contribution in [-0.4, -0.2) is 45.5 Å². The summed E-state index contributed by atoms with van der Waals surface area (Å²) in [6, 6.07) is 0. The van der Waals surface area contributed by atoms with Crippen molar-refractivity contribution in [3.63, 3.8) is 0 Å². The van der Waals surface area contributed by atoms with Crippen LogP contribution in [0.2, 0.25) is 0 Å². The number of halogens is 1. The zero-order valence-electron chi connectivity index (χ0n) is 11.0. The van der Waals surface area contributed by atoms with Gasteiger partial charge in [-0.15, -0.1) is 4.59 Å². The lowest BCUT2D eigenvalue weighted by Crippen LogP contribution is -2.77. The number of quaternary nitrogens is 2. The van der Waals surface area contributed by atoms with E-state index in [0.717, 1.165) is 6.42 Å². The van der Waals surface area contributed by atoms with Gasteiger partial charge >= 0.3 is 0 Å². The maximum Gasteiger partial charge on any atom is 0.186 e. The molecule has 0 N–H and O–H groups in total. The molecular formula is C11H24IN2O+2. The first-order chi connectivity index (χ1) is 6.38. The molecule has 4 heteroatoms. The number of hydrogen-bond donors (Lipinski definition) is 0. The summed E-state index contributed by atoms with van der Waals surface area (Å²) in [6.07, 6.45) is 0.986. The molecule has 0 bridgehead atoms. The average Bonchev–Trinajstić information content (AvgIpc) is 2.08. The summed E-state index contributed by atoms with van der Waals surface area (Å²) in [5.41, 5.74) is -0.448. The van der Waals surface area contributed by atoms with Gasteiger partial charge in [-0.05, 0) is 27.7 Å². The second kappa shape index (κ2) is 3.31. The van der Waals surface area contributed by atoms with Gasteiger partial charge in [-0.2, -0.15) is 0 Å². The molecule has 0 aromatic heterocycles. The van der Waals surface area contributed by atoms with Crippen LogP contribution in [0.5, 0.6) is 0 Å². The molecule has 1 radical (unpaired) electrons. The summed E-state index contributed by atoms with van der Waals surface area (Å²) in [5.74, 6) is 0. The Morgan fingerprint density at radius 2 is 1.60 bits per heavy atom. The van der Waals surface area contributed by atoms with E-state index in [1.807, 2.05) is 21.1 Å². The molecule has 1 aliphatic rings. The predicted molar refractivity (Wildman–Crippen MR) is 69.6 cm³/mol. The fourth-order valence-electron chi connectivity index (χ4n) is 3.37. The summed E-state index contributed by atoms with van der Waals surface area (Å²) in [5, 5.41) is 13.3. The van der Waals surface area contributed by atoms with Crippen LogP contribution in [0.15, 0.2) is 0 Å². The van der Waals surface area contributed by atoms with Crippen molar-refractivity contribution >= 4 is 22.6 Å². The summed E-state index contributed by atoms with van der Waals surface area (Å²) >= 11 is 2.44. The molecule has 1 fully saturated rings. The molecule has 0 aromatic rings. The predicted octanol–water partition coefficient (Wildman–Crippen LogP) is 2.53. The molecule has 3 nitrogen and oxygen atoms in total. The van der Waals surface area contributed by atoms with Crippen molar-refractivity contribution in [2.75, 3.05) is 21.1 Å². The largest absolute Gasteiger partial charge is 0.186 e. The van der Waals surface area contributed by atoms with Gasteiger partial charge in [-0.1, -0.05) is 22.6 Å². The molecule has 2 atom stereocenters. The summed E-state index contributed by atoms with van der Waals surface area (Å²) in [6.45, 7) is 8.42. The van der Waals surface area contributed by atoms with E-state index in [-0.39, 0.29) is 15.8 Å². The third kappa shape index (κ3) is 1.56. The number of rotatable bonds is 1. The van der Waals surface area contributed by atoms with Crippen molar-refractivity contribution in [1.82, 2.24) is 0 Å². The van der Waals surface area contributed by atoms with Gasteiger partial charge in [0.15, 0.2) is 11.1 Å². The molecule has 0 aliphatic carbocycles. The number of hydroxylamine groups is 2. The van der Waals surface area contributed by atoms with Crippen molar-refractivity contribution in [3.8, 4) is 0 Å². The van der Waals surface area contributed by atoms with Crippen LogP contribution in [0.25, 0.3) is 0 Å². The standard InChI is InChI=1S/C11H24IN2O/c1-10(2)8-9(12)11(3,4)14(10,15)13(5,6)7/h9H,8H2,1-7H3/q+2. The third-order valence-electron chi connectivity index (χ3n) is 3.89. The van der Waals surface area contributed by atoms with Gasteiger partial charge in [-0.3, -0.25) is 0 Å². The lowest BCUT2D eigenvalue weighted by atomic mass is 10.0. The van der Waals surface area contributed by atoms with Gasteiger partial charge in [0, 0.05) is 11.2 Å². The molecule has 89 valence electrons. The Bertz CT molecular complexity index is 270. The molecular weight excluding hydrogens is 303 g/mol. The smallest absolute Gasteiger partial charge is 0.144 e. The molecule has 1 saturated heterocycles. The lowest BCUT2D eigenvalue weighted by Gasteiger charge is -2.49. The van der Waals surface area contributed by atoms with E-state index in [1.165, 1.54) is 0 Å². The molecule has 0 spiro atoms. The summed E-state index contributed by atoms with van der Waals surface area (Å²) in [7, 11) is 6.02. The first-order valence-electron chi connectivity index (χ1n) is 5.44. The topological polar surface area (TPSA) is 19.9 Å². The second-order valence-electron chi connectivity index (χ2n) is 6.66. The van der Waals surface area contributed by atoms with Crippen molar-refractivity contribution in [3.05, 3.63) is 0 Å². The minimum atomic E-state index is -0.234. The number of nitrogens with zero attached hydrogens (tertiary/aromatic N) is 2. The quantitative estimate of drug-likeness (QED) is 0.401. The molecule has 0 amide bonds. The van der Waals surface area contributed by atoms with E-state index in [1.54, 1.807) is 0 Å². The fourth-order valence-corrected chi connectivity index (χ4v) is 4.82. The first kappa shape index (κ1) is 13.7. The third-order valence-corrected chi connectivity index (χ3v) is 5.86. The molecule has 0 saturated carbocycles. The summed E-state index contributed by atoms with van der Waals surface area (Å²) in [4.78, 5) is 0. The van der Waals surface area contributed by atoms with Gasteiger partial charge in [0.2, 0.25) is 0 Å². The van der Waals surface area contributed by atoms with Crippen LogP contribution in [0.1, 0.15) is 34.1 Å². The molecule has 1 aliphatic heterocycles. The van der Waals surface area contributed by atoms with Crippen LogP contribution < -0.4 is 0 Å². The van der Waals surface area contributed by atoms with E-state index >= 15 is 0 Å². The maximum atomic E-state index is 13.3.